The van der Waals surface area contributed by atoms with Gasteiger partial charge in [0.15, 0.2) is 11.5 Å². The van der Waals surface area contributed by atoms with Crippen LogP contribution in [-0.2, 0) is 6.42 Å². The van der Waals surface area contributed by atoms with E-state index >= 15 is 0 Å². The molecule has 6 heteroatoms. The van der Waals surface area contributed by atoms with Gasteiger partial charge in [-0.3, -0.25) is 0 Å². The maximum atomic E-state index is 5.33. The van der Waals surface area contributed by atoms with Crippen molar-refractivity contribution in [3.05, 3.63) is 36.2 Å². The number of ether oxygens (including phenoxy) is 2. The zero-order valence-electron chi connectivity index (χ0n) is 14.6. The highest BCUT2D eigenvalue weighted by molar-refractivity contribution is 5.47. The van der Waals surface area contributed by atoms with Crippen molar-refractivity contribution in [3.63, 3.8) is 0 Å². The molecule has 0 unspecified atom stereocenters. The third-order valence-corrected chi connectivity index (χ3v) is 3.67. The monoisotopic (exact) mass is 330 g/mol. The van der Waals surface area contributed by atoms with E-state index < -0.39 is 0 Å². The first kappa shape index (κ1) is 17.8. The maximum absolute atomic E-state index is 5.33. The number of anilines is 2. The van der Waals surface area contributed by atoms with Crippen molar-refractivity contribution in [1.29, 1.82) is 0 Å². The molecule has 0 bridgehead atoms. The highest BCUT2D eigenvalue weighted by Crippen LogP contribution is 2.27. The summed E-state index contributed by atoms with van der Waals surface area (Å²) in [4.78, 5) is 8.48. The molecule has 2 N–H and O–H groups in total. The normalized spacial score (nSPS) is 10.3. The summed E-state index contributed by atoms with van der Waals surface area (Å²) in [5.74, 6) is 3.17. The van der Waals surface area contributed by atoms with Crippen LogP contribution in [0.4, 0.5) is 11.6 Å². The fourth-order valence-corrected chi connectivity index (χ4v) is 2.31. The lowest BCUT2D eigenvalue weighted by Gasteiger charge is -2.11. The molecular weight excluding hydrogens is 304 g/mol. The highest BCUT2D eigenvalue weighted by atomic mass is 16.5. The number of benzene rings is 1. The van der Waals surface area contributed by atoms with Crippen LogP contribution in [0, 0.1) is 0 Å². The van der Waals surface area contributed by atoms with E-state index in [-0.39, 0.29) is 0 Å². The second-order valence-electron chi connectivity index (χ2n) is 5.43. The maximum Gasteiger partial charge on any atom is 0.160 e. The minimum Gasteiger partial charge on any atom is -0.493 e. The average molecular weight is 330 g/mol. The Morgan fingerprint density at radius 3 is 2.29 bits per heavy atom. The second kappa shape index (κ2) is 9.60. The van der Waals surface area contributed by atoms with Crippen molar-refractivity contribution in [2.24, 2.45) is 0 Å². The summed E-state index contributed by atoms with van der Waals surface area (Å²) >= 11 is 0. The van der Waals surface area contributed by atoms with Gasteiger partial charge >= 0.3 is 0 Å². The van der Waals surface area contributed by atoms with Crippen LogP contribution < -0.4 is 20.1 Å². The minimum absolute atomic E-state index is 0.743. The lowest BCUT2D eigenvalue weighted by atomic mass is 10.1. The van der Waals surface area contributed by atoms with E-state index in [2.05, 4.69) is 27.5 Å². The van der Waals surface area contributed by atoms with Crippen LogP contribution in [0.1, 0.15) is 25.3 Å². The van der Waals surface area contributed by atoms with Crippen LogP contribution in [0.2, 0.25) is 0 Å². The van der Waals surface area contributed by atoms with Gasteiger partial charge in [0.25, 0.3) is 0 Å². The fraction of sp³-hybridized carbons (Fsp3) is 0.444. The molecule has 2 rings (SSSR count). The largest absolute Gasteiger partial charge is 0.493 e. The summed E-state index contributed by atoms with van der Waals surface area (Å²) in [6, 6.07) is 7.90. The molecule has 130 valence electrons. The fourth-order valence-electron chi connectivity index (χ4n) is 2.31. The predicted octanol–water partition coefficient (Wildman–Crippen LogP) is 3.36. The van der Waals surface area contributed by atoms with E-state index in [1.807, 2.05) is 24.3 Å². The van der Waals surface area contributed by atoms with Crippen molar-refractivity contribution in [3.8, 4) is 11.5 Å². The van der Waals surface area contributed by atoms with E-state index in [0.717, 1.165) is 55.5 Å². The molecule has 1 aromatic carbocycles. The number of methoxy groups -OCH3 is 2. The molecule has 0 radical (unpaired) electrons. The number of nitrogens with zero attached hydrogens (tertiary/aromatic N) is 2. The third-order valence-electron chi connectivity index (χ3n) is 3.67. The van der Waals surface area contributed by atoms with Gasteiger partial charge in [-0.15, -0.1) is 0 Å². The molecule has 0 aliphatic heterocycles. The van der Waals surface area contributed by atoms with Gasteiger partial charge in [0, 0.05) is 19.2 Å². The van der Waals surface area contributed by atoms with Crippen molar-refractivity contribution >= 4 is 11.6 Å². The molecular formula is C18H26N4O2. The summed E-state index contributed by atoms with van der Waals surface area (Å²) in [7, 11) is 3.29. The molecule has 0 amide bonds. The number of nitrogens with one attached hydrogen (secondary N) is 2. The van der Waals surface area contributed by atoms with Crippen molar-refractivity contribution in [2.75, 3.05) is 37.9 Å². The molecule has 24 heavy (non-hydrogen) atoms. The Kier molecular flexibility index (Phi) is 7.14. The minimum atomic E-state index is 0.743. The first-order chi connectivity index (χ1) is 11.8. The van der Waals surface area contributed by atoms with Crippen molar-refractivity contribution < 1.29 is 9.47 Å². The number of hydrogen-bond donors (Lipinski definition) is 2. The first-order valence-electron chi connectivity index (χ1n) is 8.27. The number of hydrogen-bond acceptors (Lipinski definition) is 6. The van der Waals surface area contributed by atoms with Crippen molar-refractivity contribution in [1.82, 2.24) is 9.97 Å². The molecule has 0 fully saturated rings. The van der Waals surface area contributed by atoms with Crippen LogP contribution in [0.25, 0.3) is 0 Å². The summed E-state index contributed by atoms with van der Waals surface area (Å²) in [5, 5.41) is 6.63. The second-order valence-corrected chi connectivity index (χ2v) is 5.43. The summed E-state index contributed by atoms with van der Waals surface area (Å²) in [5.41, 5.74) is 1.18. The molecule has 1 aromatic heterocycles. The predicted molar refractivity (Wildman–Crippen MR) is 97.2 cm³/mol. The molecule has 0 saturated heterocycles. The molecule has 0 spiro atoms. The van der Waals surface area contributed by atoms with Crippen LogP contribution in [-0.4, -0.2) is 37.3 Å². The molecule has 0 saturated carbocycles. The van der Waals surface area contributed by atoms with Gasteiger partial charge in [0.2, 0.25) is 0 Å². The van der Waals surface area contributed by atoms with Crippen LogP contribution >= 0.6 is 0 Å². The summed E-state index contributed by atoms with van der Waals surface area (Å²) in [6.07, 6.45) is 4.73. The molecule has 0 aliphatic carbocycles. The molecule has 0 aliphatic rings. The molecule has 0 atom stereocenters. The number of rotatable bonds is 10. The zero-order chi connectivity index (χ0) is 17.2. The molecule has 1 heterocycles. The number of aromatic nitrogens is 2. The summed E-state index contributed by atoms with van der Waals surface area (Å²) < 4.78 is 10.6. The Hall–Kier alpha value is -2.50. The Balaban J connectivity index is 1.86. The van der Waals surface area contributed by atoms with E-state index in [1.54, 1.807) is 20.5 Å². The van der Waals surface area contributed by atoms with Gasteiger partial charge < -0.3 is 20.1 Å². The van der Waals surface area contributed by atoms with E-state index in [4.69, 9.17) is 9.47 Å². The van der Waals surface area contributed by atoms with Gasteiger partial charge in [-0.2, -0.15) is 0 Å². The van der Waals surface area contributed by atoms with E-state index in [9.17, 15) is 0 Å². The van der Waals surface area contributed by atoms with Crippen LogP contribution in [0.5, 0.6) is 11.5 Å². The van der Waals surface area contributed by atoms with Gasteiger partial charge in [-0.1, -0.05) is 19.4 Å². The SMILES string of the molecule is CCCCNc1cc(NCCc2ccc(OC)c(OC)c2)ncn1. The number of unbranched alkanes of at least 4 members (excludes halogenated alkanes) is 1. The Morgan fingerprint density at radius 2 is 1.62 bits per heavy atom. The van der Waals surface area contributed by atoms with Crippen LogP contribution in [0.3, 0.4) is 0 Å². The Labute approximate surface area is 143 Å². The molecule has 6 nitrogen and oxygen atoms in total. The van der Waals surface area contributed by atoms with E-state index in [1.165, 1.54) is 5.56 Å². The van der Waals surface area contributed by atoms with Gasteiger partial charge in [0.1, 0.15) is 18.0 Å². The zero-order valence-corrected chi connectivity index (χ0v) is 14.6. The smallest absolute Gasteiger partial charge is 0.160 e. The van der Waals surface area contributed by atoms with Crippen molar-refractivity contribution in [2.45, 2.75) is 26.2 Å². The third kappa shape index (κ3) is 5.30. The van der Waals surface area contributed by atoms with Gasteiger partial charge in [-0.05, 0) is 30.5 Å². The van der Waals surface area contributed by atoms with Crippen LogP contribution in [0.15, 0.2) is 30.6 Å². The van der Waals surface area contributed by atoms with E-state index in [0.29, 0.717) is 0 Å². The lowest BCUT2D eigenvalue weighted by molar-refractivity contribution is 0.354. The molecule has 2 aromatic rings. The topological polar surface area (TPSA) is 68.3 Å². The highest BCUT2D eigenvalue weighted by Gasteiger charge is 2.04. The lowest BCUT2D eigenvalue weighted by Crippen LogP contribution is -2.08. The van der Waals surface area contributed by atoms with Gasteiger partial charge in [-0.25, -0.2) is 9.97 Å². The first-order valence-corrected chi connectivity index (χ1v) is 8.27. The van der Waals surface area contributed by atoms with Gasteiger partial charge in [0.05, 0.1) is 14.2 Å². The standard InChI is InChI=1S/C18H26N4O2/c1-4-5-9-19-17-12-18(22-13-21-17)20-10-8-14-6-7-15(23-2)16(11-14)24-3/h6-7,11-13H,4-5,8-10H2,1-3H3,(H2,19,20,21,22). The average Bonchev–Trinajstić information content (AvgIpc) is 2.62. The quantitative estimate of drug-likeness (QED) is 0.651. The summed E-state index contributed by atoms with van der Waals surface area (Å²) in [6.45, 7) is 3.88. The Morgan fingerprint density at radius 1 is 0.917 bits per heavy atom. The Bertz CT molecular complexity index is 634.